The molecule has 0 atom stereocenters. The van der Waals surface area contributed by atoms with E-state index in [0.29, 0.717) is 17.4 Å². The van der Waals surface area contributed by atoms with Crippen LogP contribution in [-0.2, 0) is 14.9 Å². The van der Waals surface area contributed by atoms with Crippen molar-refractivity contribution in [3.05, 3.63) is 52.7 Å². The molecule has 1 aromatic carbocycles. The number of carbonyl (C=O) groups excluding carboxylic acids is 1. The van der Waals surface area contributed by atoms with Gasteiger partial charge in [-0.3, -0.25) is 4.98 Å². The second-order valence-electron chi connectivity index (χ2n) is 9.61. The van der Waals surface area contributed by atoms with E-state index < -0.39 is 0 Å². The number of nitrogens with zero attached hydrogens (tertiary/aromatic N) is 1. The zero-order valence-corrected chi connectivity index (χ0v) is 18.6. The number of benzene rings is 1. The van der Waals surface area contributed by atoms with Gasteiger partial charge in [0.15, 0.2) is 0 Å². The molecule has 4 nitrogen and oxygen atoms in total. The number of hydrogen-bond donors (Lipinski definition) is 1. The van der Waals surface area contributed by atoms with Crippen LogP contribution in [0.2, 0.25) is 5.02 Å². The number of aromatic nitrogens is 1. The molecule has 4 fully saturated rings. The first kappa shape index (κ1) is 20.6. The molecule has 0 spiro atoms. The molecule has 4 bridgehead atoms. The van der Waals surface area contributed by atoms with E-state index in [9.17, 15) is 9.90 Å². The largest absolute Gasteiger partial charge is 0.508 e. The predicted molar refractivity (Wildman–Crippen MR) is 122 cm³/mol. The van der Waals surface area contributed by atoms with Crippen LogP contribution in [0, 0.1) is 17.8 Å². The fourth-order valence-corrected chi connectivity index (χ4v) is 6.99. The molecule has 162 valence electrons. The van der Waals surface area contributed by atoms with E-state index in [4.69, 9.17) is 16.3 Å². The van der Waals surface area contributed by atoms with Crippen LogP contribution in [0.4, 0.5) is 0 Å². The molecule has 0 aliphatic heterocycles. The summed E-state index contributed by atoms with van der Waals surface area (Å²) in [5.74, 6) is 2.34. The number of phenolic OH excluding ortho intramolecular Hbond substituents is 1. The number of carbonyl (C=O) groups is 1. The normalized spacial score (nSPS) is 28.9. The number of phenols is 1. The number of hydrogen-bond acceptors (Lipinski definition) is 4. The van der Waals surface area contributed by atoms with Gasteiger partial charge in [0.1, 0.15) is 5.75 Å². The number of esters is 1. The lowest BCUT2D eigenvalue weighted by Gasteiger charge is -2.57. The smallest absolute Gasteiger partial charge is 0.330 e. The van der Waals surface area contributed by atoms with Crippen molar-refractivity contribution in [3.8, 4) is 17.0 Å². The van der Waals surface area contributed by atoms with Gasteiger partial charge in [0.05, 0.1) is 17.3 Å². The van der Waals surface area contributed by atoms with Gasteiger partial charge in [0, 0.05) is 17.8 Å². The lowest BCUT2D eigenvalue weighted by Crippen LogP contribution is -2.48. The molecule has 1 N–H and O–H groups in total. The average Bonchev–Trinajstić information content (AvgIpc) is 2.72. The fraction of sp³-hybridized carbons (Fsp3) is 0.462. The Labute approximate surface area is 188 Å². The van der Waals surface area contributed by atoms with Crippen LogP contribution < -0.4 is 0 Å². The molecule has 4 saturated carbocycles. The maximum atomic E-state index is 11.6. The predicted octanol–water partition coefficient (Wildman–Crippen LogP) is 6.15. The third kappa shape index (κ3) is 3.87. The Balaban J connectivity index is 1.51. The molecule has 1 heterocycles. The van der Waals surface area contributed by atoms with Crippen molar-refractivity contribution in [3.63, 3.8) is 0 Å². The van der Waals surface area contributed by atoms with Crippen LogP contribution in [0.15, 0.2) is 36.5 Å². The van der Waals surface area contributed by atoms with Crippen molar-refractivity contribution in [2.24, 2.45) is 17.8 Å². The highest BCUT2D eigenvalue weighted by Gasteiger charge is 2.52. The van der Waals surface area contributed by atoms with Crippen molar-refractivity contribution in [2.75, 3.05) is 6.61 Å². The van der Waals surface area contributed by atoms with Gasteiger partial charge in [-0.1, -0.05) is 11.6 Å². The van der Waals surface area contributed by atoms with E-state index in [1.165, 1.54) is 50.2 Å². The molecule has 31 heavy (non-hydrogen) atoms. The van der Waals surface area contributed by atoms with Gasteiger partial charge >= 0.3 is 5.97 Å². The lowest BCUT2D eigenvalue weighted by atomic mass is 9.47. The summed E-state index contributed by atoms with van der Waals surface area (Å²) < 4.78 is 4.93. The van der Waals surface area contributed by atoms with Crippen LogP contribution in [0.3, 0.4) is 0 Å². The van der Waals surface area contributed by atoms with Crippen LogP contribution in [-0.4, -0.2) is 22.7 Å². The van der Waals surface area contributed by atoms with Gasteiger partial charge in [-0.2, -0.15) is 0 Å². The Morgan fingerprint density at radius 3 is 2.48 bits per heavy atom. The quantitative estimate of drug-likeness (QED) is 0.450. The number of ether oxygens (including phenoxy) is 1. The van der Waals surface area contributed by atoms with Crippen molar-refractivity contribution in [1.82, 2.24) is 4.98 Å². The van der Waals surface area contributed by atoms with Gasteiger partial charge in [-0.15, -0.1) is 0 Å². The number of halogens is 1. The van der Waals surface area contributed by atoms with Crippen molar-refractivity contribution in [2.45, 2.75) is 50.9 Å². The molecule has 0 amide bonds. The molecule has 0 saturated heterocycles. The Morgan fingerprint density at radius 1 is 1.19 bits per heavy atom. The minimum atomic E-state index is -0.384. The Bertz CT molecular complexity index is 1010. The summed E-state index contributed by atoms with van der Waals surface area (Å²) in [4.78, 5) is 16.3. The van der Waals surface area contributed by atoms with Gasteiger partial charge in [-0.25, -0.2) is 4.79 Å². The van der Waals surface area contributed by atoms with Crippen LogP contribution in [0.1, 0.15) is 56.6 Å². The van der Waals surface area contributed by atoms with Gasteiger partial charge in [-0.05, 0) is 110 Å². The van der Waals surface area contributed by atoms with Crippen molar-refractivity contribution in [1.29, 1.82) is 0 Å². The van der Waals surface area contributed by atoms with Gasteiger partial charge in [0.2, 0.25) is 0 Å². The summed E-state index contributed by atoms with van der Waals surface area (Å²) >= 11 is 6.68. The molecule has 0 radical (unpaired) electrons. The topological polar surface area (TPSA) is 59.4 Å². The Kier molecular flexibility index (Phi) is 5.29. The van der Waals surface area contributed by atoms with E-state index >= 15 is 0 Å². The highest BCUT2D eigenvalue weighted by Crippen LogP contribution is 2.62. The summed E-state index contributed by atoms with van der Waals surface area (Å²) in [5.41, 5.74) is 3.83. The summed E-state index contributed by atoms with van der Waals surface area (Å²) in [5, 5.41) is 10.9. The van der Waals surface area contributed by atoms with E-state index in [-0.39, 0.29) is 11.4 Å². The van der Waals surface area contributed by atoms with Gasteiger partial charge < -0.3 is 9.84 Å². The lowest BCUT2D eigenvalue weighted by molar-refractivity contribution is -0.137. The molecule has 4 aliphatic rings. The van der Waals surface area contributed by atoms with Gasteiger partial charge in [0.25, 0.3) is 0 Å². The maximum Gasteiger partial charge on any atom is 0.330 e. The van der Waals surface area contributed by atoms with E-state index in [0.717, 1.165) is 34.6 Å². The maximum absolute atomic E-state index is 11.6. The summed E-state index contributed by atoms with van der Waals surface area (Å²) in [6.07, 6.45) is 12.5. The summed E-state index contributed by atoms with van der Waals surface area (Å²) in [7, 11) is 0. The molecule has 0 unspecified atom stereocenters. The SMILES string of the molecule is CCOC(=O)/C=C/c1cnc(-c2ccc(O)cc2C23CC4CC(CC(C4)C2)C3)c(Cl)c1. The molecule has 1 aromatic heterocycles. The Hall–Kier alpha value is -2.33. The second-order valence-corrected chi connectivity index (χ2v) is 10.0. The first-order valence-corrected chi connectivity index (χ1v) is 11.7. The minimum Gasteiger partial charge on any atom is -0.508 e. The minimum absolute atomic E-state index is 0.121. The van der Waals surface area contributed by atoms with Crippen LogP contribution in [0.25, 0.3) is 17.3 Å². The first-order chi connectivity index (χ1) is 15.0. The zero-order chi connectivity index (χ0) is 21.6. The fourth-order valence-electron chi connectivity index (χ4n) is 6.71. The first-order valence-electron chi connectivity index (χ1n) is 11.3. The molecule has 6 rings (SSSR count). The van der Waals surface area contributed by atoms with E-state index in [1.807, 2.05) is 18.2 Å². The van der Waals surface area contributed by atoms with Crippen molar-refractivity contribution >= 4 is 23.6 Å². The third-order valence-corrected chi connectivity index (χ3v) is 7.72. The number of rotatable bonds is 5. The van der Waals surface area contributed by atoms with Crippen molar-refractivity contribution < 1.29 is 14.6 Å². The molecular weight excluding hydrogens is 410 g/mol. The second kappa shape index (κ2) is 7.98. The Morgan fingerprint density at radius 2 is 1.87 bits per heavy atom. The summed E-state index contributed by atoms with van der Waals surface area (Å²) in [6, 6.07) is 7.47. The summed E-state index contributed by atoms with van der Waals surface area (Å²) in [6.45, 7) is 2.12. The standard InChI is InChI=1S/C26H28ClNO3/c1-2-31-24(30)6-3-16-10-23(27)25(28-15-16)21-5-4-20(29)11-22(21)26-12-17-7-18(13-26)9-19(8-17)14-26/h3-6,10-11,15,17-19,29H,2,7-9,12-14H2,1H3/b6-3+. The average molecular weight is 438 g/mol. The number of pyridine rings is 1. The third-order valence-electron chi connectivity index (χ3n) is 7.43. The van der Waals surface area contributed by atoms with Crippen LogP contribution in [0.5, 0.6) is 5.75 Å². The number of aromatic hydroxyl groups is 1. The molecule has 5 heteroatoms. The molecular formula is C26H28ClNO3. The van der Waals surface area contributed by atoms with Crippen LogP contribution >= 0.6 is 11.6 Å². The van der Waals surface area contributed by atoms with E-state index in [2.05, 4.69) is 4.98 Å². The highest BCUT2D eigenvalue weighted by atomic mass is 35.5. The molecule has 2 aromatic rings. The van der Waals surface area contributed by atoms with E-state index in [1.54, 1.807) is 25.3 Å². The zero-order valence-electron chi connectivity index (χ0n) is 17.8. The molecule has 4 aliphatic carbocycles. The monoisotopic (exact) mass is 437 g/mol. The highest BCUT2D eigenvalue weighted by molar-refractivity contribution is 6.33.